The minimum absolute atomic E-state index is 0.0419. The summed E-state index contributed by atoms with van der Waals surface area (Å²) in [6.45, 7) is 2.83. The second-order valence-corrected chi connectivity index (χ2v) is 9.06. The standard InChI is InChI=1S/C24H24N2O2S/c1-15-7-12-19-20(13-15)29-24-21(19)23(27)25-22(26-24)17-8-10-18(11-9-17)28-14-16-5-3-2-4-6-16/h2-6,8-11,15,22,26H,7,12-14H2,1H3,(H,25,27). The predicted octanol–water partition coefficient (Wildman–Crippen LogP) is 5.31. The number of thiophene rings is 1. The van der Waals surface area contributed by atoms with Gasteiger partial charge < -0.3 is 15.4 Å². The molecule has 1 aliphatic carbocycles. The van der Waals surface area contributed by atoms with E-state index in [9.17, 15) is 4.79 Å². The Kier molecular flexibility index (Phi) is 4.76. The Balaban J connectivity index is 1.30. The van der Waals surface area contributed by atoms with Crippen molar-refractivity contribution in [3.8, 4) is 5.75 Å². The molecule has 2 heterocycles. The maximum absolute atomic E-state index is 12.8. The van der Waals surface area contributed by atoms with Crippen molar-refractivity contribution in [3.63, 3.8) is 0 Å². The Hall–Kier alpha value is -2.79. The van der Waals surface area contributed by atoms with Crippen molar-refractivity contribution in [3.05, 3.63) is 81.7 Å². The molecular formula is C24H24N2O2S. The van der Waals surface area contributed by atoms with Gasteiger partial charge in [0.15, 0.2) is 0 Å². The largest absolute Gasteiger partial charge is 0.489 e. The van der Waals surface area contributed by atoms with Gasteiger partial charge in [0.25, 0.3) is 5.91 Å². The molecule has 0 spiro atoms. The number of benzene rings is 2. The number of ether oxygens (including phenoxy) is 1. The van der Waals surface area contributed by atoms with E-state index in [-0.39, 0.29) is 12.1 Å². The maximum Gasteiger partial charge on any atom is 0.256 e. The summed E-state index contributed by atoms with van der Waals surface area (Å²) < 4.78 is 5.87. The Morgan fingerprint density at radius 3 is 2.66 bits per heavy atom. The molecule has 1 amide bonds. The zero-order valence-electron chi connectivity index (χ0n) is 16.4. The summed E-state index contributed by atoms with van der Waals surface area (Å²) in [5.74, 6) is 1.56. The molecule has 0 saturated heterocycles. The second-order valence-electron chi connectivity index (χ2n) is 7.95. The van der Waals surface area contributed by atoms with Crippen molar-refractivity contribution in [2.24, 2.45) is 5.92 Å². The van der Waals surface area contributed by atoms with Crippen LogP contribution in [0.3, 0.4) is 0 Å². The van der Waals surface area contributed by atoms with Crippen molar-refractivity contribution < 1.29 is 9.53 Å². The van der Waals surface area contributed by atoms with Crippen molar-refractivity contribution in [1.29, 1.82) is 0 Å². The van der Waals surface area contributed by atoms with E-state index in [0.717, 1.165) is 46.7 Å². The fourth-order valence-electron chi connectivity index (χ4n) is 4.13. The lowest BCUT2D eigenvalue weighted by Gasteiger charge is -2.27. The van der Waals surface area contributed by atoms with E-state index in [1.165, 1.54) is 10.4 Å². The summed E-state index contributed by atoms with van der Waals surface area (Å²) >= 11 is 1.76. The first-order chi connectivity index (χ1) is 14.2. The molecule has 0 bridgehead atoms. The van der Waals surface area contributed by atoms with Crippen molar-refractivity contribution >= 4 is 22.2 Å². The zero-order valence-corrected chi connectivity index (χ0v) is 17.2. The van der Waals surface area contributed by atoms with Gasteiger partial charge in [0, 0.05) is 4.88 Å². The highest BCUT2D eigenvalue weighted by atomic mass is 32.1. The van der Waals surface area contributed by atoms with Gasteiger partial charge in [-0.25, -0.2) is 0 Å². The first kappa shape index (κ1) is 18.3. The van der Waals surface area contributed by atoms with E-state index in [4.69, 9.17) is 4.74 Å². The zero-order chi connectivity index (χ0) is 19.8. The molecule has 4 nitrogen and oxygen atoms in total. The monoisotopic (exact) mass is 404 g/mol. The lowest BCUT2D eigenvalue weighted by molar-refractivity contribution is 0.0935. The number of hydrogen-bond donors (Lipinski definition) is 2. The van der Waals surface area contributed by atoms with Crippen molar-refractivity contribution in [2.75, 3.05) is 5.32 Å². The summed E-state index contributed by atoms with van der Waals surface area (Å²) in [7, 11) is 0. The van der Waals surface area contributed by atoms with Crippen LogP contribution in [0.5, 0.6) is 5.75 Å². The van der Waals surface area contributed by atoms with Crippen LogP contribution in [0.4, 0.5) is 5.00 Å². The molecule has 148 valence electrons. The van der Waals surface area contributed by atoms with Gasteiger partial charge in [-0.05, 0) is 54.0 Å². The van der Waals surface area contributed by atoms with Gasteiger partial charge in [-0.15, -0.1) is 11.3 Å². The highest BCUT2D eigenvalue weighted by molar-refractivity contribution is 7.16. The van der Waals surface area contributed by atoms with Crippen LogP contribution in [0.2, 0.25) is 0 Å². The molecule has 3 aromatic rings. The molecule has 2 aliphatic rings. The normalized spacial score (nSPS) is 20.2. The predicted molar refractivity (Wildman–Crippen MR) is 117 cm³/mol. The Labute approximate surface area is 174 Å². The van der Waals surface area contributed by atoms with Gasteiger partial charge >= 0.3 is 0 Å². The lowest BCUT2D eigenvalue weighted by atomic mass is 9.88. The molecule has 1 aliphatic heterocycles. The summed E-state index contributed by atoms with van der Waals surface area (Å²) in [6.07, 6.45) is 3.04. The van der Waals surface area contributed by atoms with E-state index >= 15 is 0 Å². The number of amides is 1. The average molecular weight is 405 g/mol. The van der Waals surface area contributed by atoms with Gasteiger partial charge in [0.05, 0.1) is 5.56 Å². The Bertz CT molecular complexity index is 1030. The molecule has 2 atom stereocenters. The van der Waals surface area contributed by atoms with Crippen molar-refractivity contribution in [1.82, 2.24) is 5.32 Å². The van der Waals surface area contributed by atoms with Gasteiger partial charge in [-0.2, -0.15) is 0 Å². The van der Waals surface area contributed by atoms with Crippen LogP contribution in [0, 0.1) is 5.92 Å². The number of anilines is 1. The highest BCUT2D eigenvalue weighted by Crippen LogP contribution is 2.42. The van der Waals surface area contributed by atoms with Crippen LogP contribution < -0.4 is 15.4 Å². The molecular weight excluding hydrogens is 380 g/mol. The summed E-state index contributed by atoms with van der Waals surface area (Å²) in [5, 5.41) is 7.68. The first-order valence-corrected chi connectivity index (χ1v) is 11.0. The van der Waals surface area contributed by atoms with E-state index in [0.29, 0.717) is 12.5 Å². The van der Waals surface area contributed by atoms with E-state index in [2.05, 4.69) is 29.7 Å². The fourth-order valence-corrected chi connectivity index (χ4v) is 5.56. The number of nitrogens with one attached hydrogen (secondary N) is 2. The van der Waals surface area contributed by atoms with E-state index in [1.807, 2.05) is 42.5 Å². The summed E-state index contributed by atoms with van der Waals surface area (Å²) in [5.41, 5.74) is 4.30. The molecule has 2 aromatic carbocycles. The summed E-state index contributed by atoms with van der Waals surface area (Å²) in [6, 6.07) is 18.1. The summed E-state index contributed by atoms with van der Waals surface area (Å²) in [4.78, 5) is 14.2. The van der Waals surface area contributed by atoms with Gasteiger partial charge in [0.1, 0.15) is 23.5 Å². The third-order valence-corrected chi connectivity index (χ3v) is 6.94. The molecule has 0 radical (unpaired) electrons. The third kappa shape index (κ3) is 3.62. The molecule has 29 heavy (non-hydrogen) atoms. The number of fused-ring (bicyclic) bond motifs is 3. The average Bonchev–Trinajstić information content (AvgIpc) is 3.11. The van der Waals surface area contributed by atoms with E-state index < -0.39 is 0 Å². The lowest BCUT2D eigenvalue weighted by Crippen LogP contribution is -2.38. The quantitative estimate of drug-likeness (QED) is 0.620. The van der Waals surface area contributed by atoms with Crippen molar-refractivity contribution in [2.45, 2.75) is 39.0 Å². The first-order valence-electron chi connectivity index (χ1n) is 10.2. The van der Waals surface area contributed by atoms with Gasteiger partial charge in [-0.3, -0.25) is 4.79 Å². The molecule has 5 rings (SSSR count). The molecule has 2 unspecified atom stereocenters. The molecule has 0 fully saturated rings. The van der Waals surface area contributed by atoms with Crippen LogP contribution >= 0.6 is 11.3 Å². The minimum Gasteiger partial charge on any atom is -0.489 e. The van der Waals surface area contributed by atoms with Gasteiger partial charge in [-0.1, -0.05) is 49.4 Å². The molecule has 2 N–H and O–H groups in total. The number of carbonyl (C=O) groups excluding carboxylic acids is 1. The SMILES string of the molecule is CC1CCc2c(sc3c2C(=O)NC(c2ccc(OCc4ccccc4)cc2)N3)C1. The fraction of sp³-hybridized carbons (Fsp3) is 0.292. The maximum atomic E-state index is 12.8. The second kappa shape index (κ2) is 7.56. The highest BCUT2D eigenvalue weighted by Gasteiger charge is 2.33. The topological polar surface area (TPSA) is 50.4 Å². The van der Waals surface area contributed by atoms with Crippen LogP contribution in [0.25, 0.3) is 0 Å². The number of hydrogen-bond acceptors (Lipinski definition) is 4. The molecule has 1 aromatic heterocycles. The Morgan fingerprint density at radius 2 is 1.86 bits per heavy atom. The van der Waals surface area contributed by atoms with Crippen LogP contribution in [-0.2, 0) is 19.4 Å². The van der Waals surface area contributed by atoms with E-state index in [1.54, 1.807) is 11.3 Å². The molecule has 5 heteroatoms. The van der Waals surface area contributed by atoms with Crippen LogP contribution in [-0.4, -0.2) is 5.91 Å². The van der Waals surface area contributed by atoms with Crippen LogP contribution in [0.1, 0.15) is 51.4 Å². The molecule has 0 saturated carbocycles. The van der Waals surface area contributed by atoms with Gasteiger partial charge in [0.2, 0.25) is 0 Å². The number of carbonyl (C=O) groups is 1. The van der Waals surface area contributed by atoms with Crippen LogP contribution in [0.15, 0.2) is 54.6 Å². The number of rotatable bonds is 4. The third-order valence-electron chi connectivity index (χ3n) is 5.75. The smallest absolute Gasteiger partial charge is 0.256 e. The minimum atomic E-state index is -0.212. The Morgan fingerprint density at radius 1 is 1.07 bits per heavy atom.